The van der Waals surface area contributed by atoms with E-state index in [1.165, 1.54) is 73.6 Å². The van der Waals surface area contributed by atoms with E-state index in [2.05, 4.69) is 53.3 Å². The second-order valence-corrected chi connectivity index (χ2v) is 8.90. The minimum absolute atomic E-state index is 0. The zero-order valence-corrected chi connectivity index (χ0v) is 24.0. The van der Waals surface area contributed by atoms with Gasteiger partial charge in [-0.3, -0.25) is 0 Å². The van der Waals surface area contributed by atoms with Crippen molar-refractivity contribution in [1.82, 2.24) is 0 Å². The van der Waals surface area contributed by atoms with Crippen LogP contribution in [0.25, 0.3) is 0 Å². The molecule has 0 spiro atoms. The molecule has 1 unspecified atom stereocenters. The van der Waals surface area contributed by atoms with E-state index in [0.717, 1.165) is 18.3 Å². The van der Waals surface area contributed by atoms with Crippen molar-refractivity contribution in [2.45, 2.75) is 106 Å². The maximum atomic E-state index is 4.17. The largest absolute Gasteiger partial charge is 0.344 e. The molecule has 0 nitrogen and oxygen atoms in total. The number of benzene rings is 1. The molecule has 2 aliphatic rings. The van der Waals surface area contributed by atoms with Crippen molar-refractivity contribution in [3.63, 3.8) is 0 Å². The van der Waals surface area contributed by atoms with Crippen LogP contribution in [0.3, 0.4) is 0 Å². The van der Waals surface area contributed by atoms with Crippen LogP contribution in [0.4, 0.5) is 0 Å². The zero-order chi connectivity index (χ0) is 22.2. The number of hydrogen-bond donors (Lipinski definition) is 0. The van der Waals surface area contributed by atoms with Gasteiger partial charge in [-0.1, -0.05) is 63.1 Å². The Balaban J connectivity index is 0. The Morgan fingerprint density at radius 2 is 1.53 bits per heavy atom. The average molecular weight is 645 g/mol. The van der Waals surface area contributed by atoms with Crippen molar-refractivity contribution in [2.75, 3.05) is 0 Å². The van der Waals surface area contributed by atoms with Gasteiger partial charge in [0, 0.05) is 0 Å². The molecule has 0 N–H and O–H groups in total. The van der Waals surface area contributed by atoms with Crippen molar-refractivity contribution in [3.05, 3.63) is 65.6 Å². The van der Waals surface area contributed by atoms with Crippen LogP contribution < -0.4 is 0 Å². The monoisotopic (exact) mass is 640 g/mol. The predicted octanol–water partition coefficient (Wildman–Crippen LogP) is 9.52. The van der Waals surface area contributed by atoms with Gasteiger partial charge in [0.15, 0.2) is 0 Å². The van der Waals surface area contributed by atoms with Crippen LogP contribution in [-0.2, 0) is 6.42 Å². The van der Waals surface area contributed by atoms with Gasteiger partial charge < -0.3 is 6.92 Å². The van der Waals surface area contributed by atoms with Crippen LogP contribution in [0, 0.1) is 39.5 Å². The molecule has 2 fully saturated rings. The molecule has 1 aromatic rings. The summed E-state index contributed by atoms with van der Waals surface area (Å²) in [5.41, 5.74) is 7.47. The van der Waals surface area contributed by atoms with Gasteiger partial charge >= 0.3 is 0 Å². The van der Waals surface area contributed by atoms with Gasteiger partial charge in [-0.25, -0.2) is 0 Å². The molecule has 0 radical (unpaired) electrons. The molecule has 0 aliphatic heterocycles. The van der Waals surface area contributed by atoms with Crippen LogP contribution in [0.15, 0.2) is 36.4 Å². The standard InChI is InChI=1S/C18H26.2C4H8.C3H7.Cm/c1-13-6-5-7-17(12-13)10-11-18-15(3)9-8-14(2)16(18)4;1-4-2-3-4;1-3-4-2;1-3-2;/h8-9,17H,1,5-7,10-12H2,2-4H3;4H,2-3H2,1H3;3-4H,1-2H3;1,3H2,2H3;/q;;;-1;/b;;4-3-;;. The summed E-state index contributed by atoms with van der Waals surface area (Å²) in [7, 11) is 0. The topological polar surface area (TPSA) is 0 Å². The molecule has 2 aliphatic carbocycles. The third-order valence-electron chi connectivity index (χ3n) is 5.83. The van der Waals surface area contributed by atoms with Crippen molar-refractivity contribution in [2.24, 2.45) is 11.8 Å². The van der Waals surface area contributed by atoms with Gasteiger partial charge in [-0.15, -0.1) is 0 Å². The molecule has 3 rings (SSSR count). The van der Waals surface area contributed by atoms with E-state index in [0.29, 0.717) is 0 Å². The maximum absolute atomic E-state index is 4.17. The molecule has 1 heteroatoms. The Kier molecular flexibility index (Phi) is 17.5. The molecule has 0 saturated heterocycles. The van der Waals surface area contributed by atoms with Crippen molar-refractivity contribution in [1.29, 1.82) is 0 Å². The van der Waals surface area contributed by atoms with Crippen LogP contribution >= 0.6 is 0 Å². The van der Waals surface area contributed by atoms with E-state index in [1.807, 2.05) is 32.9 Å². The van der Waals surface area contributed by atoms with E-state index in [9.17, 15) is 0 Å². The fourth-order valence-electron chi connectivity index (χ4n) is 3.41. The number of aryl methyl sites for hydroxylation is 2. The molecule has 174 valence electrons. The Hall–Kier alpha value is -2.30. The SMILES string of the molecule is C/C=C\C.C=C1CCCC(CCc2c(C)ccc(C)c2C)C1.CC1CC1.[CH2-]CC.[Cm]. The minimum Gasteiger partial charge on any atom is -0.344 e. The normalized spacial score (nSPS) is 17.5. The summed E-state index contributed by atoms with van der Waals surface area (Å²) >= 11 is 0. The molecule has 0 amide bonds. The molecule has 0 heterocycles. The summed E-state index contributed by atoms with van der Waals surface area (Å²) in [6, 6.07) is 4.52. The summed E-state index contributed by atoms with van der Waals surface area (Å²) in [6.45, 7) is 22.7. The van der Waals surface area contributed by atoms with E-state index < -0.39 is 0 Å². The molecule has 1 aromatic carbocycles. The van der Waals surface area contributed by atoms with E-state index in [4.69, 9.17) is 0 Å². The number of hydrogen-bond acceptors (Lipinski definition) is 0. The van der Waals surface area contributed by atoms with E-state index in [1.54, 1.807) is 5.56 Å². The second-order valence-electron chi connectivity index (χ2n) is 8.90. The average Bonchev–Trinajstić information content (AvgIpc) is 3.48. The first-order valence-corrected chi connectivity index (χ1v) is 11.9. The summed E-state index contributed by atoms with van der Waals surface area (Å²) in [5, 5.41) is 0. The molecule has 0 aromatic heterocycles. The summed E-state index contributed by atoms with van der Waals surface area (Å²) < 4.78 is 0. The van der Waals surface area contributed by atoms with Crippen LogP contribution in [0.1, 0.15) is 101 Å². The predicted molar refractivity (Wildman–Crippen MR) is 135 cm³/mol. The van der Waals surface area contributed by atoms with Gasteiger partial charge in [0.1, 0.15) is 0 Å². The second kappa shape index (κ2) is 17.5. The third-order valence-corrected chi connectivity index (χ3v) is 5.83. The van der Waals surface area contributed by atoms with Gasteiger partial charge in [0.25, 0.3) is 0 Å². The molecule has 1 atom stereocenters. The smallest absolute Gasteiger partial charge is 0 e. The Bertz CT molecular complexity index is 589. The molecular formula is C29H49Cm-. The molecule has 2 saturated carbocycles. The quantitative estimate of drug-likeness (QED) is 0.227. The van der Waals surface area contributed by atoms with E-state index in [-0.39, 0.29) is 0 Å². The fourth-order valence-corrected chi connectivity index (χ4v) is 3.41. The number of rotatable bonds is 3. The minimum atomic E-state index is 0. The van der Waals surface area contributed by atoms with Crippen LogP contribution in [-0.4, -0.2) is 0 Å². The fraction of sp³-hybridized carbons (Fsp3) is 0.621. The van der Waals surface area contributed by atoms with E-state index >= 15 is 0 Å². The van der Waals surface area contributed by atoms with Crippen molar-refractivity contribution >= 4 is 0 Å². The first kappa shape index (κ1) is 29.9. The first-order valence-electron chi connectivity index (χ1n) is 11.9. The number of allylic oxidation sites excluding steroid dienone is 3. The Morgan fingerprint density at radius 1 is 1.03 bits per heavy atom. The third kappa shape index (κ3) is 13.8. The van der Waals surface area contributed by atoms with Crippen LogP contribution in [0.2, 0.25) is 0 Å². The molecule has 30 heavy (non-hydrogen) atoms. The maximum Gasteiger partial charge on any atom is 0 e. The summed E-state index contributed by atoms with van der Waals surface area (Å²) in [5.74, 6) is 1.96. The van der Waals surface area contributed by atoms with Crippen molar-refractivity contribution in [3.8, 4) is 0 Å². The summed E-state index contributed by atoms with van der Waals surface area (Å²) in [6.07, 6.45) is 15.8. The first-order chi connectivity index (χ1) is 13.8. The zero-order valence-electron chi connectivity index (χ0n) is 21.1. The van der Waals surface area contributed by atoms with Gasteiger partial charge in [-0.05, 0) is 107 Å². The molecular weight excluding hydrogens is 595 g/mol. The summed E-state index contributed by atoms with van der Waals surface area (Å²) in [4.78, 5) is 0. The Labute approximate surface area is 183 Å². The van der Waals surface area contributed by atoms with Crippen molar-refractivity contribution < 1.29 is 0 Å². The van der Waals surface area contributed by atoms with Gasteiger partial charge in [0.05, 0.1) is 0 Å². The van der Waals surface area contributed by atoms with Gasteiger partial charge in [-0.2, -0.15) is 6.42 Å². The Morgan fingerprint density at radius 3 is 1.97 bits per heavy atom. The molecule has 0 bridgehead atoms. The van der Waals surface area contributed by atoms with Gasteiger partial charge in [0.2, 0.25) is 0 Å². The van der Waals surface area contributed by atoms with Crippen LogP contribution in [0.5, 0.6) is 0 Å².